The van der Waals surface area contributed by atoms with Crippen LogP contribution >= 0.6 is 0 Å². The van der Waals surface area contributed by atoms with Crippen LogP contribution in [0.5, 0.6) is 5.75 Å². The van der Waals surface area contributed by atoms with Gasteiger partial charge in [-0.05, 0) is 36.1 Å². The predicted octanol–water partition coefficient (Wildman–Crippen LogP) is 3.30. The van der Waals surface area contributed by atoms with E-state index in [4.69, 9.17) is 9.47 Å². The lowest BCUT2D eigenvalue weighted by molar-refractivity contribution is -0.185. The highest BCUT2D eigenvalue weighted by atomic mass is 16.7. The Morgan fingerprint density at radius 1 is 1.07 bits per heavy atom. The van der Waals surface area contributed by atoms with Crippen LogP contribution in [-0.2, 0) is 14.3 Å². The van der Waals surface area contributed by atoms with Crippen LogP contribution in [-0.4, -0.2) is 35.9 Å². The first-order valence-electron chi connectivity index (χ1n) is 10.2. The first-order chi connectivity index (χ1) is 14.5. The molecule has 0 aromatic heterocycles. The fourth-order valence-corrected chi connectivity index (χ4v) is 4.18. The summed E-state index contributed by atoms with van der Waals surface area (Å²) in [7, 11) is 1.53. The van der Waals surface area contributed by atoms with Gasteiger partial charge in [-0.1, -0.05) is 61.7 Å². The number of esters is 1. The second kappa shape index (κ2) is 8.32. The maximum absolute atomic E-state index is 13.2. The van der Waals surface area contributed by atoms with Crippen molar-refractivity contribution in [2.24, 2.45) is 0 Å². The summed E-state index contributed by atoms with van der Waals surface area (Å²) in [6.45, 7) is 0. The number of hydrogen-bond donors (Lipinski definition) is 2. The van der Waals surface area contributed by atoms with Crippen molar-refractivity contribution in [2.75, 3.05) is 7.11 Å². The molecule has 1 heterocycles. The number of cyclic esters (lactones) is 1. The number of methoxy groups -OCH3 is 1. The van der Waals surface area contributed by atoms with Crippen LogP contribution in [0.2, 0.25) is 0 Å². The van der Waals surface area contributed by atoms with Crippen LogP contribution in [0, 0.1) is 0 Å². The Hall–Kier alpha value is -3.12. The fourth-order valence-electron chi connectivity index (χ4n) is 4.18. The fraction of sp³-hybridized carbons (Fsp3) is 0.333. The van der Waals surface area contributed by atoms with Crippen LogP contribution in [0.1, 0.15) is 43.2 Å². The minimum absolute atomic E-state index is 0.0353. The molecule has 1 aliphatic heterocycles. The maximum Gasteiger partial charge on any atom is 0.342 e. The molecule has 2 aromatic rings. The van der Waals surface area contributed by atoms with Gasteiger partial charge in [-0.3, -0.25) is 4.79 Å². The lowest BCUT2D eigenvalue weighted by Gasteiger charge is -2.29. The summed E-state index contributed by atoms with van der Waals surface area (Å²) in [4.78, 5) is 26.1. The Morgan fingerprint density at radius 2 is 1.77 bits per heavy atom. The van der Waals surface area contributed by atoms with Gasteiger partial charge >= 0.3 is 11.8 Å². The molecule has 0 spiro atoms. The zero-order valence-electron chi connectivity index (χ0n) is 16.9. The first kappa shape index (κ1) is 20.2. The second-order valence-corrected chi connectivity index (χ2v) is 7.69. The van der Waals surface area contributed by atoms with Crippen molar-refractivity contribution >= 4 is 23.0 Å². The van der Waals surface area contributed by atoms with Gasteiger partial charge in [-0.15, -0.1) is 0 Å². The SMILES string of the molecule is COc1cccc(C2=C(c3ccccc3)C(O)(C(=O)NC3CCCCC3)OC2=O)c1. The van der Waals surface area contributed by atoms with Crippen molar-refractivity contribution in [1.82, 2.24) is 5.32 Å². The van der Waals surface area contributed by atoms with Gasteiger partial charge in [0.25, 0.3) is 5.91 Å². The third-order valence-corrected chi connectivity index (χ3v) is 5.70. The molecule has 1 amide bonds. The van der Waals surface area contributed by atoms with Gasteiger partial charge in [0.2, 0.25) is 0 Å². The number of hydrogen-bond acceptors (Lipinski definition) is 5. The summed E-state index contributed by atoms with van der Waals surface area (Å²) in [6, 6.07) is 15.8. The lowest BCUT2D eigenvalue weighted by Crippen LogP contribution is -2.51. The number of ether oxygens (including phenoxy) is 2. The van der Waals surface area contributed by atoms with Gasteiger partial charge in [0.15, 0.2) is 0 Å². The Balaban J connectivity index is 1.81. The molecular formula is C24H25NO5. The van der Waals surface area contributed by atoms with Crippen molar-refractivity contribution in [1.29, 1.82) is 0 Å². The molecular weight excluding hydrogens is 382 g/mol. The van der Waals surface area contributed by atoms with Gasteiger partial charge in [-0.2, -0.15) is 0 Å². The number of rotatable bonds is 5. The van der Waals surface area contributed by atoms with E-state index in [-0.39, 0.29) is 17.2 Å². The molecule has 0 radical (unpaired) electrons. The average Bonchev–Trinajstić information content (AvgIpc) is 3.06. The maximum atomic E-state index is 13.2. The number of carbonyl (C=O) groups is 2. The normalized spacial score (nSPS) is 22.0. The summed E-state index contributed by atoms with van der Waals surface area (Å²) < 4.78 is 10.6. The Kier molecular flexibility index (Phi) is 5.59. The van der Waals surface area contributed by atoms with E-state index in [1.165, 1.54) is 7.11 Å². The monoisotopic (exact) mass is 407 g/mol. The van der Waals surface area contributed by atoms with Crippen molar-refractivity contribution in [3.63, 3.8) is 0 Å². The average molecular weight is 407 g/mol. The molecule has 6 heteroatoms. The van der Waals surface area contributed by atoms with Crippen LogP contribution in [0.25, 0.3) is 11.1 Å². The number of carbonyl (C=O) groups excluding carboxylic acids is 2. The van der Waals surface area contributed by atoms with E-state index in [9.17, 15) is 14.7 Å². The first-order valence-corrected chi connectivity index (χ1v) is 10.2. The molecule has 1 unspecified atom stereocenters. The van der Waals surface area contributed by atoms with E-state index in [0.717, 1.165) is 32.1 Å². The highest BCUT2D eigenvalue weighted by Crippen LogP contribution is 2.43. The van der Waals surface area contributed by atoms with Gasteiger partial charge < -0.3 is 19.9 Å². The highest BCUT2D eigenvalue weighted by molar-refractivity contribution is 6.31. The van der Waals surface area contributed by atoms with E-state index in [2.05, 4.69) is 5.32 Å². The number of amides is 1. The zero-order chi connectivity index (χ0) is 21.1. The molecule has 156 valence electrons. The summed E-state index contributed by atoms with van der Waals surface area (Å²) in [6.07, 6.45) is 4.89. The van der Waals surface area contributed by atoms with Crippen LogP contribution in [0.4, 0.5) is 0 Å². The minimum Gasteiger partial charge on any atom is -0.497 e. The van der Waals surface area contributed by atoms with Crippen LogP contribution < -0.4 is 10.1 Å². The van der Waals surface area contributed by atoms with Crippen molar-refractivity contribution in [3.8, 4) is 5.75 Å². The minimum atomic E-state index is -2.39. The summed E-state index contributed by atoms with van der Waals surface area (Å²) in [5, 5.41) is 14.3. The van der Waals surface area contributed by atoms with Crippen molar-refractivity contribution in [2.45, 2.75) is 43.9 Å². The molecule has 0 bridgehead atoms. The molecule has 30 heavy (non-hydrogen) atoms. The summed E-state index contributed by atoms with van der Waals surface area (Å²) >= 11 is 0. The third-order valence-electron chi connectivity index (χ3n) is 5.70. The second-order valence-electron chi connectivity index (χ2n) is 7.69. The van der Waals surface area contributed by atoms with Crippen molar-refractivity contribution in [3.05, 3.63) is 65.7 Å². The van der Waals surface area contributed by atoms with Gasteiger partial charge in [-0.25, -0.2) is 4.79 Å². The Morgan fingerprint density at radius 3 is 2.47 bits per heavy atom. The zero-order valence-corrected chi connectivity index (χ0v) is 16.9. The molecule has 1 saturated carbocycles. The topological polar surface area (TPSA) is 84.9 Å². The molecule has 1 fully saturated rings. The van der Waals surface area contributed by atoms with E-state index in [1.807, 2.05) is 6.07 Å². The smallest absolute Gasteiger partial charge is 0.342 e. The summed E-state index contributed by atoms with van der Waals surface area (Å²) in [5.74, 6) is -3.29. The van der Waals surface area contributed by atoms with E-state index in [1.54, 1.807) is 48.5 Å². The van der Waals surface area contributed by atoms with Gasteiger partial charge in [0.1, 0.15) is 5.75 Å². The Labute approximate surface area is 175 Å². The summed E-state index contributed by atoms with van der Waals surface area (Å²) in [5.41, 5.74) is 1.36. The van der Waals surface area contributed by atoms with E-state index < -0.39 is 17.7 Å². The number of aliphatic hydroxyl groups is 1. The molecule has 0 saturated heterocycles. The highest BCUT2D eigenvalue weighted by Gasteiger charge is 2.53. The van der Waals surface area contributed by atoms with Gasteiger partial charge in [0.05, 0.1) is 18.3 Å². The molecule has 4 rings (SSSR count). The van der Waals surface area contributed by atoms with E-state index >= 15 is 0 Å². The largest absolute Gasteiger partial charge is 0.497 e. The molecule has 1 atom stereocenters. The Bertz CT molecular complexity index is 978. The van der Waals surface area contributed by atoms with Gasteiger partial charge in [0, 0.05) is 6.04 Å². The van der Waals surface area contributed by atoms with Crippen molar-refractivity contribution < 1.29 is 24.2 Å². The predicted molar refractivity (Wildman–Crippen MR) is 112 cm³/mol. The lowest BCUT2D eigenvalue weighted by atomic mass is 9.89. The van der Waals surface area contributed by atoms with Crippen LogP contribution in [0.15, 0.2) is 54.6 Å². The third kappa shape index (κ3) is 3.71. The number of nitrogens with one attached hydrogen (secondary N) is 1. The molecule has 2 aliphatic rings. The standard InChI is InChI=1S/C24H25NO5/c1-29-19-14-8-11-17(15-19)20-21(16-9-4-2-5-10-16)24(28,30-22(20)26)23(27)25-18-12-6-3-7-13-18/h2,4-5,8-11,14-15,18,28H,3,6-7,12-13H2,1H3,(H,25,27). The molecule has 2 N–H and O–H groups in total. The quantitative estimate of drug-likeness (QED) is 0.743. The van der Waals surface area contributed by atoms with E-state index in [0.29, 0.717) is 16.9 Å². The number of benzene rings is 2. The molecule has 6 nitrogen and oxygen atoms in total. The molecule has 2 aromatic carbocycles. The molecule has 1 aliphatic carbocycles. The van der Waals surface area contributed by atoms with Crippen LogP contribution in [0.3, 0.4) is 0 Å².